The minimum absolute atomic E-state index is 0.0576. The second-order valence-corrected chi connectivity index (χ2v) is 11.0. The van der Waals surface area contributed by atoms with E-state index in [1.807, 2.05) is 66.9 Å². The number of nitrogens with zero attached hydrogens (tertiary/aromatic N) is 4. The maximum absolute atomic E-state index is 11.6. The summed E-state index contributed by atoms with van der Waals surface area (Å²) in [4.78, 5) is 16.5. The molecule has 0 fully saturated rings. The van der Waals surface area contributed by atoms with E-state index in [4.69, 9.17) is 21.7 Å². The molecule has 9 heteroatoms. The van der Waals surface area contributed by atoms with E-state index in [1.54, 1.807) is 32.1 Å². The predicted octanol–water partition coefficient (Wildman–Crippen LogP) is 6.35. The van der Waals surface area contributed by atoms with Gasteiger partial charge < -0.3 is 10.2 Å². The zero-order chi connectivity index (χ0) is 26.2. The Morgan fingerprint density at radius 3 is 2.36 bits per heavy atom. The van der Waals surface area contributed by atoms with E-state index < -0.39 is 11.6 Å². The van der Waals surface area contributed by atoms with Crippen LogP contribution in [-0.4, -0.2) is 41.4 Å². The fraction of sp³-hybridized carbons (Fsp3) is 0.259. The SMILES string of the molecule is CC(C)(C)O.Cc1cc2nc(-c3ccn4c(C)nnc4c3)sc2c(-c2ccc(Cl)cc2)c1CC(=O)O. The molecule has 5 aromatic rings. The zero-order valence-electron chi connectivity index (χ0n) is 20.7. The average Bonchev–Trinajstić information content (AvgIpc) is 3.37. The average molecular weight is 523 g/mol. The number of benzene rings is 2. The molecule has 0 atom stereocenters. The maximum Gasteiger partial charge on any atom is 0.307 e. The monoisotopic (exact) mass is 522 g/mol. The molecule has 0 bridgehead atoms. The first-order valence-corrected chi connectivity index (χ1v) is 12.5. The number of carbonyl (C=O) groups is 1. The zero-order valence-corrected chi connectivity index (χ0v) is 22.3. The Balaban J connectivity index is 0.000000556. The van der Waals surface area contributed by atoms with Crippen LogP contribution < -0.4 is 0 Å². The standard InChI is InChI=1S/C23H17ClN4O2S.C4H10O/c1-12-9-18-22(21(17(12)11-20(29)30)14-3-5-16(24)6-4-14)31-23(25-18)15-7-8-28-13(2)26-27-19(28)10-15;1-4(2,3)5/h3-10H,11H2,1-2H3,(H,29,30);5H,1-3H3. The highest BCUT2D eigenvalue weighted by atomic mass is 35.5. The van der Waals surface area contributed by atoms with Crippen molar-refractivity contribution in [3.05, 3.63) is 70.6 Å². The van der Waals surface area contributed by atoms with Gasteiger partial charge in [0.25, 0.3) is 0 Å². The molecule has 36 heavy (non-hydrogen) atoms. The number of fused-ring (bicyclic) bond motifs is 2. The number of pyridine rings is 1. The lowest BCUT2D eigenvalue weighted by Crippen LogP contribution is -2.10. The number of thiazole rings is 1. The molecule has 0 unspecified atom stereocenters. The minimum atomic E-state index is -0.866. The van der Waals surface area contributed by atoms with E-state index in [0.717, 1.165) is 54.5 Å². The number of hydrogen-bond donors (Lipinski definition) is 2. The van der Waals surface area contributed by atoms with Crippen molar-refractivity contribution < 1.29 is 15.0 Å². The van der Waals surface area contributed by atoms with Gasteiger partial charge in [-0.3, -0.25) is 9.20 Å². The molecule has 7 nitrogen and oxygen atoms in total. The smallest absolute Gasteiger partial charge is 0.307 e. The van der Waals surface area contributed by atoms with Crippen LogP contribution in [0.1, 0.15) is 37.7 Å². The van der Waals surface area contributed by atoms with Crippen LogP contribution in [0.4, 0.5) is 0 Å². The number of aryl methyl sites for hydroxylation is 2. The van der Waals surface area contributed by atoms with Crippen LogP contribution in [0.2, 0.25) is 5.02 Å². The Morgan fingerprint density at radius 1 is 1.06 bits per heavy atom. The molecule has 0 radical (unpaired) electrons. The van der Waals surface area contributed by atoms with Gasteiger partial charge in [-0.25, -0.2) is 4.98 Å². The molecule has 0 spiro atoms. The molecule has 3 aromatic heterocycles. The summed E-state index contributed by atoms with van der Waals surface area (Å²) in [7, 11) is 0. The second kappa shape index (κ2) is 9.97. The third-order valence-corrected chi connectivity index (χ3v) is 6.69. The van der Waals surface area contributed by atoms with Crippen molar-refractivity contribution in [2.75, 3.05) is 0 Å². The third kappa shape index (κ3) is 5.73. The number of aromatic nitrogens is 4. The molecule has 0 aliphatic rings. The van der Waals surface area contributed by atoms with Crippen LogP contribution in [0.5, 0.6) is 0 Å². The first-order valence-electron chi connectivity index (χ1n) is 11.4. The Morgan fingerprint density at radius 2 is 1.72 bits per heavy atom. The van der Waals surface area contributed by atoms with Crippen LogP contribution in [-0.2, 0) is 11.2 Å². The number of hydrogen-bond acceptors (Lipinski definition) is 6. The van der Waals surface area contributed by atoms with Crippen LogP contribution in [0.3, 0.4) is 0 Å². The summed E-state index contributed by atoms with van der Waals surface area (Å²) in [5, 5.41) is 27.8. The lowest BCUT2D eigenvalue weighted by molar-refractivity contribution is -0.136. The molecular formula is C27H27ClN4O3S. The lowest BCUT2D eigenvalue weighted by atomic mass is 9.93. The Labute approximate surface area is 218 Å². The van der Waals surface area contributed by atoms with Gasteiger partial charge in [-0.2, -0.15) is 0 Å². The quantitative estimate of drug-likeness (QED) is 0.285. The topological polar surface area (TPSA) is 101 Å². The highest BCUT2D eigenvalue weighted by Gasteiger charge is 2.19. The molecule has 2 N–H and O–H groups in total. The summed E-state index contributed by atoms with van der Waals surface area (Å²) < 4.78 is 2.88. The van der Waals surface area contributed by atoms with Crippen molar-refractivity contribution >= 4 is 44.8 Å². The molecule has 186 valence electrons. The number of aliphatic hydroxyl groups is 1. The van der Waals surface area contributed by atoms with Gasteiger partial charge in [0.15, 0.2) is 5.65 Å². The minimum Gasteiger partial charge on any atom is -0.481 e. The Bertz CT molecular complexity index is 1560. The third-order valence-electron chi connectivity index (χ3n) is 5.30. The molecule has 0 saturated heterocycles. The Kier molecular flexibility index (Phi) is 7.13. The molecule has 5 rings (SSSR count). The Hall–Kier alpha value is -3.33. The molecule has 0 aliphatic carbocycles. The molecule has 0 saturated carbocycles. The van der Waals surface area contributed by atoms with Gasteiger partial charge in [0, 0.05) is 22.3 Å². The van der Waals surface area contributed by atoms with Crippen LogP contribution >= 0.6 is 22.9 Å². The number of aliphatic carboxylic acids is 1. The van der Waals surface area contributed by atoms with Gasteiger partial charge in [0.05, 0.1) is 22.2 Å². The summed E-state index contributed by atoms with van der Waals surface area (Å²) in [5.41, 5.74) is 5.57. The van der Waals surface area contributed by atoms with Gasteiger partial charge in [-0.15, -0.1) is 21.5 Å². The van der Waals surface area contributed by atoms with Crippen LogP contribution in [0, 0.1) is 13.8 Å². The fourth-order valence-corrected chi connectivity index (χ4v) is 5.06. The molecule has 2 aromatic carbocycles. The lowest BCUT2D eigenvalue weighted by Gasteiger charge is -2.13. The van der Waals surface area contributed by atoms with Crippen molar-refractivity contribution in [1.29, 1.82) is 0 Å². The normalized spacial score (nSPS) is 11.5. The van der Waals surface area contributed by atoms with Gasteiger partial charge in [-0.1, -0.05) is 23.7 Å². The number of halogens is 1. The second-order valence-electron chi connectivity index (χ2n) is 9.55. The highest BCUT2D eigenvalue weighted by molar-refractivity contribution is 7.22. The van der Waals surface area contributed by atoms with Gasteiger partial charge in [-0.05, 0) is 81.6 Å². The van der Waals surface area contributed by atoms with Crippen molar-refractivity contribution in [3.63, 3.8) is 0 Å². The van der Waals surface area contributed by atoms with E-state index in [1.165, 1.54) is 0 Å². The summed E-state index contributed by atoms with van der Waals surface area (Å²) in [6, 6.07) is 13.4. The molecule has 0 aliphatic heterocycles. The van der Waals surface area contributed by atoms with Crippen molar-refractivity contribution in [3.8, 4) is 21.7 Å². The molecular weight excluding hydrogens is 496 g/mol. The fourth-order valence-electron chi connectivity index (χ4n) is 3.80. The van der Waals surface area contributed by atoms with E-state index >= 15 is 0 Å². The van der Waals surface area contributed by atoms with Gasteiger partial charge in [0.1, 0.15) is 10.8 Å². The van der Waals surface area contributed by atoms with Gasteiger partial charge >= 0.3 is 5.97 Å². The van der Waals surface area contributed by atoms with Crippen LogP contribution in [0.25, 0.3) is 37.6 Å². The van der Waals surface area contributed by atoms with Crippen molar-refractivity contribution in [2.24, 2.45) is 0 Å². The van der Waals surface area contributed by atoms with Crippen molar-refractivity contribution in [2.45, 2.75) is 46.6 Å². The molecule has 3 heterocycles. The first kappa shape index (κ1) is 25.8. The van der Waals surface area contributed by atoms with E-state index in [-0.39, 0.29) is 6.42 Å². The summed E-state index contributed by atoms with van der Waals surface area (Å²) in [6.45, 7) is 9.07. The summed E-state index contributed by atoms with van der Waals surface area (Å²) in [6.07, 6.45) is 1.88. The summed E-state index contributed by atoms with van der Waals surface area (Å²) >= 11 is 7.64. The number of rotatable bonds is 4. The maximum atomic E-state index is 11.6. The predicted molar refractivity (Wildman–Crippen MR) is 145 cm³/mol. The van der Waals surface area contributed by atoms with Gasteiger partial charge in [0.2, 0.25) is 0 Å². The largest absolute Gasteiger partial charge is 0.481 e. The van der Waals surface area contributed by atoms with Crippen molar-refractivity contribution in [1.82, 2.24) is 19.6 Å². The van der Waals surface area contributed by atoms with E-state index in [2.05, 4.69) is 10.2 Å². The van der Waals surface area contributed by atoms with Crippen LogP contribution in [0.15, 0.2) is 48.7 Å². The molecule has 0 amide bonds. The highest BCUT2D eigenvalue weighted by Crippen LogP contribution is 2.41. The number of carboxylic acids is 1. The summed E-state index contributed by atoms with van der Waals surface area (Å²) in [5.74, 6) is -0.0418. The van der Waals surface area contributed by atoms with E-state index in [9.17, 15) is 9.90 Å². The number of carboxylic acid groups (broad SMARTS) is 1. The van der Waals surface area contributed by atoms with E-state index in [0.29, 0.717) is 5.02 Å². The first-order chi connectivity index (χ1) is 16.9.